The Kier molecular flexibility index (Phi) is 5.17. The summed E-state index contributed by atoms with van der Waals surface area (Å²) in [4.78, 5) is -0.157. The van der Waals surface area contributed by atoms with E-state index in [9.17, 15) is 13.0 Å². The van der Waals surface area contributed by atoms with Crippen LogP contribution in [0.3, 0.4) is 0 Å². The maximum Gasteiger partial charge on any atom is 1.00 e. The fraction of sp³-hybridized carbons (Fsp3) is 0.111. The Balaban J connectivity index is 0.00000169. The molecule has 1 rings (SSSR count). The van der Waals surface area contributed by atoms with Crippen molar-refractivity contribution in [3.63, 3.8) is 0 Å². The molecule has 0 aromatic heterocycles. The molecule has 0 heterocycles. The molecule has 0 aliphatic carbocycles. The third-order valence-electron chi connectivity index (χ3n) is 1.61. The van der Waals surface area contributed by atoms with Crippen LogP contribution in [-0.2, 0) is 16.5 Å². The molecule has 0 aliphatic heterocycles. The van der Waals surface area contributed by atoms with Gasteiger partial charge in [0.1, 0.15) is 10.1 Å². The molecule has 0 spiro atoms. The van der Waals surface area contributed by atoms with Crippen LogP contribution in [0.15, 0.2) is 41.8 Å². The van der Waals surface area contributed by atoms with Gasteiger partial charge < -0.3 is 4.55 Å². The van der Waals surface area contributed by atoms with Crippen molar-refractivity contribution in [2.75, 3.05) is 0 Å². The maximum absolute atomic E-state index is 10.7. The zero-order chi connectivity index (χ0) is 9.90. The van der Waals surface area contributed by atoms with Crippen LogP contribution >= 0.6 is 0 Å². The van der Waals surface area contributed by atoms with Gasteiger partial charge >= 0.3 is 18.9 Å². The molecule has 1 aromatic carbocycles. The predicted molar refractivity (Wildman–Crippen MR) is 48.3 cm³/mol. The molecule has 0 amide bonds. The van der Waals surface area contributed by atoms with Crippen molar-refractivity contribution in [1.29, 1.82) is 0 Å². The fourth-order valence-electron chi connectivity index (χ4n) is 1.07. The molecule has 0 saturated carbocycles. The van der Waals surface area contributed by atoms with Crippen LogP contribution in [0.5, 0.6) is 0 Å². The summed E-state index contributed by atoms with van der Waals surface area (Å²) in [6.07, 6.45) is 1.95. The molecule has 0 saturated heterocycles. The van der Waals surface area contributed by atoms with E-state index in [2.05, 4.69) is 6.58 Å². The van der Waals surface area contributed by atoms with Crippen molar-refractivity contribution in [1.82, 2.24) is 0 Å². The summed E-state index contributed by atoms with van der Waals surface area (Å²) in [6.45, 7) is 3.48. The van der Waals surface area contributed by atoms with Gasteiger partial charge in [0.25, 0.3) is 0 Å². The standard InChI is InChI=1S/C9H10O3S.Li/c1-2-5-8-6-3-4-7-9(8)13(10,11)12;/h2-4,6-7H,1,5H2,(H,10,11,12);/q;+1/p-1. The Labute approximate surface area is 95.8 Å². The van der Waals surface area contributed by atoms with Crippen LogP contribution in [0.4, 0.5) is 0 Å². The smallest absolute Gasteiger partial charge is 0.744 e. The zero-order valence-electron chi connectivity index (χ0n) is 7.93. The van der Waals surface area contributed by atoms with Crippen LogP contribution in [0, 0.1) is 0 Å². The third kappa shape index (κ3) is 3.32. The Morgan fingerprint density at radius 1 is 1.36 bits per heavy atom. The van der Waals surface area contributed by atoms with Crippen molar-refractivity contribution in [2.45, 2.75) is 11.3 Å². The minimum atomic E-state index is -4.35. The molecule has 0 radical (unpaired) electrons. The molecule has 1 aromatic rings. The summed E-state index contributed by atoms with van der Waals surface area (Å²) in [7, 11) is -4.35. The average Bonchev–Trinajstić information content (AvgIpc) is 2.04. The molecule has 0 unspecified atom stereocenters. The number of hydrogen-bond acceptors (Lipinski definition) is 3. The van der Waals surface area contributed by atoms with E-state index in [-0.39, 0.29) is 23.8 Å². The van der Waals surface area contributed by atoms with Gasteiger partial charge in [-0.1, -0.05) is 24.3 Å². The van der Waals surface area contributed by atoms with Gasteiger partial charge in [-0.25, -0.2) is 8.42 Å². The molecule has 0 aliphatic rings. The molecule has 0 fully saturated rings. The van der Waals surface area contributed by atoms with E-state index in [4.69, 9.17) is 0 Å². The van der Waals surface area contributed by atoms with Gasteiger partial charge in [-0.2, -0.15) is 0 Å². The summed E-state index contributed by atoms with van der Waals surface area (Å²) in [5.41, 5.74) is 0.493. The Bertz CT molecular complexity index is 412. The topological polar surface area (TPSA) is 57.2 Å². The summed E-state index contributed by atoms with van der Waals surface area (Å²) in [5.74, 6) is 0. The van der Waals surface area contributed by atoms with Gasteiger partial charge in [0.05, 0.1) is 4.90 Å². The first-order chi connectivity index (χ1) is 6.05. The van der Waals surface area contributed by atoms with Crippen LogP contribution in [-0.4, -0.2) is 13.0 Å². The molecule has 0 bridgehead atoms. The van der Waals surface area contributed by atoms with Gasteiger partial charge in [0.2, 0.25) is 0 Å². The molecule has 14 heavy (non-hydrogen) atoms. The normalized spacial score (nSPS) is 10.4. The van der Waals surface area contributed by atoms with Gasteiger partial charge in [-0.3, -0.25) is 0 Å². The van der Waals surface area contributed by atoms with Gasteiger partial charge in [0.15, 0.2) is 0 Å². The van der Waals surface area contributed by atoms with Crippen LogP contribution < -0.4 is 18.9 Å². The van der Waals surface area contributed by atoms with Gasteiger partial charge in [-0.15, -0.1) is 6.58 Å². The Morgan fingerprint density at radius 3 is 2.43 bits per heavy atom. The van der Waals surface area contributed by atoms with Crippen LogP contribution in [0.2, 0.25) is 0 Å². The number of allylic oxidation sites excluding steroid dienone is 1. The van der Waals surface area contributed by atoms with E-state index in [0.717, 1.165) is 0 Å². The van der Waals surface area contributed by atoms with Crippen molar-refractivity contribution < 1.29 is 31.8 Å². The number of benzene rings is 1. The van der Waals surface area contributed by atoms with E-state index in [1.165, 1.54) is 12.1 Å². The predicted octanol–water partition coefficient (Wildman–Crippen LogP) is -1.68. The fourth-order valence-corrected chi connectivity index (χ4v) is 1.79. The van der Waals surface area contributed by atoms with Gasteiger partial charge in [-0.05, 0) is 18.1 Å². The first-order valence-corrected chi connectivity index (χ1v) is 5.11. The number of hydrogen-bond donors (Lipinski definition) is 0. The second-order valence-electron chi connectivity index (χ2n) is 2.55. The van der Waals surface area contributed by atoms with Crippen LogP contribution in [0.25, 0.3) is 0 Å². The van der Waals surface area contributed by atoms with Crippen molar-refractivity contribution in [2.24, 2.45) is 0 Å². The molecule has 0 atom stereocenters. The molecular formula is C9H9LiO3S. The Morgan fingerprint density at radius 2 is 1.93 bits per heavy atom. The van der Waals surface area contributed by atoms with Gasteiger partial charge in [0, 0.05) is 0 Å². The molecule has 3 nitrogen and oxygen atoms in total. The minimum absolute atomic E-state index is 0. The van der Waals surface area contributed by atoms with Crippen LogP contribution in [0.1, 0.15) is 5.56 Å². The Hall–Kier alpha value is -0.533. The van der Waals surface area contributed by atoms with E-state index in [0.29, 0.717) is 12.0 Å². The molecule has 5 heteroatoms. The summed E-state index contributed by atoms with van der Waals surface area (Å²) >= 11 is 0. The minimum Gasteiger partial charge on any atom is -0.744 e. The quantitative estimate of drug-likeness (QED) is 0.336. The largest absolute Gasteiger partial charge is 1.00 e. The number of rotatable bonds is 3. The second-order valence-corrected chi connectivity index (χ2v) is 3.90. The van der Waals surface area contributed by atoms with E-state index in [1.807, 2.05) is 0 Å². The van der Waals surface area contributed by atoms with E-state index in [1.54, 1.807) is 18.2 Å². The van der Waals surface area contributed by atoms with Crippen molar-refractivity contribution in [3.8, 4) is 0 Å². The summed E-state index contributed by atoms with van der Waals surface area (Å²) < 4.78 is 32.2. The SMILES string of the molecule is C=CCc1ccccc1S(=O)(=O)[O-].[Li+]. The molecule has 70 valence electrons. The molecule has 0 N–H and O–H groups in total. The maximum atomic E-state index is 10.7. The van der Waals surface area contributed by atoms with Crippen molar-refractivity contribution in [3.05, 3.63) is 42.5 Å². The van der Waals surface area contributed by atoms with E-state index < -0.39 is 10.1 Å². The second kappa shape index (κ2) is 5.37. The molecular weight excluding hydrogens is 195 g/mol. The third-order valence-corrected chi connectivity index (χ3v) is 2.54. The zero-order valence-corrected chi connectivity index (χ0v) is 8.75. The first kappa shape index (κ1) is 13.5. The summed E-state index contributed by atoms with van der Waals surface area (Å²) in [6, 6.07) is 6.12. The van der Waals surface area contributed by atoms with Crippen molar-refractivity contribution >= 4 is 10.1 Å². The summed E-state index contributed by atoms with van der Waals surface area (Å²) in [5, 5.41) is 0. The van der Waals surface area contributed by atoms with E-state index >= 15 is 0 Å². The average molecular weight is 204 g/mol. The first-order valence-electron chi connectivity index (χ1n) is 3.70. The monoisotopic (exact) mass is 204 g/mol.